The number of hydrogen-bond donors (Lipinski definition) is 1. The van der Waals surface area contributed by atoms with Crippen molar-refractivity contribution in [1.29, 1.82) is 0 Å². The second kappa shape index (κ2) is 8.83. The molecule has 3 rings (SSSR count). The van der Waals surface area contributed by atoms with Crippen molar-refractivity contribution in [2.75, 3.05) is 29.1 Å². The number of nitro groups is 1. The van der Waals surface area contributed by atoms with Crippen LogP contribution in [0.4, 0.5) is 17.1 Å². The Labute approximate surface area is 176 Å². The molecule has 1 heterocycles. The quantitative estimate of drug-likeness (QED) is 0.549. The fourth-order valence-corrected chi connectivity index (χ4v) is 4.34. The Kier molecular flexibility index (Phi) is 6.40. The molecule has 1 N–H and O–H groups in total. The van der Waals surface area contributed by atoms with E-state index < -0.39 is 20.7 Å². The molecule has 1 saturated heterocycles. The van der Waals surface area contributed by atoms with Gasteiger partial charge in [-0.1, -0.05) is 13.8 Å². The Morgan fingerprint density at radius 3 is 2.37 bits per heavy atom. The molecule has 9 heteroatoms. The van der Waals surface area contributed by atoms with Crippen molar-refractivity contribution in [2.45, 2.75) is 31.6 Å². The number of nitro benzene ring substituents is 1. The molecule has 1 fully saturated rings. The van der Waals surface area contributed by atoms with Gasteiger partial charge in [0.15, 0.2) is 9.84 Å². The van der Waals surface area contributed by atoms with Crippen molar-refractivity contribution in [3.63, 3.8) is 0 Å². The van der Waals surface area contributed by atoms with Crippen molar-refractivity contribution in [3.05, 3.63) is 58.1 Å². The van der Waals surface area contributed by atoms with E-state index in [2.05, 4.69) is 17.1 Å². The summed E-state index contributed by atoms with van der Waals surface area (Å²) in [6, 6.07) is 10.2. The van der Waals surface area contributed by atoms with Gasteiger partial charge < -0.3 is 10.2 Å². The van der Waals surface area contributed by atoms with E-state index in [9.17, 15) is 23.3 Å². The zero-order valence-electron chi connectivity index (χ0n) is 17.0. The van der Waals surface area contributed by atoms with E-state index in [4.69, 9.17) is 0 Å². The van der Waals surface area contributed by atoms with Crippen LogP contribution in [-0.2, 0) is 9.84 Å². The van der Waals surface area contributed by atoms with Crippen LogP contribution in [0.25, 0.3) is 0 Å². The third-order valence-corrected chi connectivity index (χ3v) is 7.16. The van der Waals surface area contributed by atoms with Crippen LogP contribution in [0.1, 0.15) is 37.0 Å². The van der Waals surface area contributed by atoms with Gasteiger partial charge >= 0.3 is 0 Å². The van der Waals surface area contributed by atoms with Crippen LogP contribution in [-0.4, -0.2) is 38.1 Å². The molecule has 160 valence electrons. The zero-order chi connectivity index (χ0) is 21.9. The standard InChI is InChI=1S/C21H25N3O5S/c1-3-30(28,29)18-7-4-16(5-8-18)22-21(25)19-14-17(24(26)27)6-9-20(19)23-12-10-15(2)11-13-23/h4-9,14-15H,3,10-13H2,1-2H3,(H,22,25). The van der Waals surface area contributed by atoms with Gasteiger partial charge in [-0.05, 0) is 49.1 Å². The molecule has 0 atom stereocenters. The normalized spacial score (nSPS) is 15.1. The van der Waals surface area contributed by atoms with Crippen LogP contribution in [0.15, 0.2) is 47.4 Å². The maximum Gasteiger partial charge on any atom is 0.270 e. The second-order valence-corrected chi connectivity index (χ2v) is 9.79. The van der Waals surface area contributed by atoms with E-state index in [0.717, 1.165) is 25.9 Å². The summed E-state index contributed by atoms with van der Waals surface area (Å²) in [5.41, 5.74) is 1.15. The fraction of sp³-hybridized carbons (Fsp3) is 0.381. The summed E-state index contributed by atoms with van der Waals surface area (Å²) < 4.78 is 23.9. The molecule has 0 saturated carbocycles. The maximum atomic E-state index is 13.0. The van der Waals surface area contributed by atoms with Gasteiger partial charge in [0.2, 0.25) is 0 Å². The molecule has 1 aliphatic rings. The molecule has 0 unspecified atom stereocenters. The summed E-state index contributed by atoms with van der Waals surface area (Å²) in [6.45, 7) is 5.31. The average molecular weight is 432 g/mol. The lowest BCUT2D eigenvalue weighted by molar-refractivity contribution is -0.384. The number of piperidine rings is 1. The molecule has 30 heavy (non-hydrogen) atoms. The highest BCUT2D eigenvalue weighted by atomic mass is 32.2. The summed E-state index contributed by atoms with van der Waals surface area (Å²) >= 11 is 0. The third kappa shape index (κ3) is 4.79. The smallest absolute Gasteiger partial charge is 0.270 e. The Bertz CT molecular complexity index is 1040. The van der Waals surface area contributed by atoms with Gasteiger partial charge in [-0.2, -0.15) is 0 Å². The Hall–Kier alpha value is -2.94. The minimum absolute atomic E-state index is 0.00972. The molecule has 1 aliphatic heterocycles. The number of carbonyl (C=O) groups is 1. The SMILES string of the molecule is CCS(=O)(=O)c1ccc(NC(=O)c2cc([N+](=O)[O-])ccc2N2CCC(C)CC2)cc1. The maximum absolute atomic E-state index is 13.0. The first-order chi connectivity index (χ1) is 14.2. The minimum Gasteiger partial charge on any atom is -0.371 e. The highest BCUT2D eigenvalue weighted by Gasteiger charge is 2.23. The summed E-state index contributed by atoms with van der Waals surface area (Å²) in [7, 11) is -3.33. The number of amides is 1. The van der Waals surface area contributed by atoms with E-state index in [1.54, 1.807) is 13.0 Å². The molecule has 8 nitrogen and oxygen atoms in total. The van der Waals surface area contributed by atoms with Crippen LogP contribution in [0.5, 0.6) is 0 Å². The van der Waals surface area contributed by atoms with E-state index in [-0.39, 0.29) is 21.9 Å². The van der Waals surface area contributed by atoms with Gasteiger partial charge in [0.05, 0.1) is 26.8 Å². The van der Waals surface area contributed by atoms with E-state index in [1.165, 1.54) is 36.4 Å². The summed E-state index contributed by atoms with van der Waals surface area (Å²) in [5.74, 6) is 0.123. The van der Waals surface area contributed by atoms with Crippen molar-refractivity contribution >= 4 is 32.8 Å². The zero-order valence-corrected chi connectivity index (χ0v) is 17.8. The number of nitrogens with one attached hydrogen (secondary N) is 1. The molecular weight excluding hydrogens is 406 g/mol. The van der Waals surface area contributed by atoms with Gasteiger partial charge in [-0.15, -0.1) is 0 Å². The van der Waals surface area contributed by atoms with E-state index in [1.807, 2.05) is 0 Å². The molecule has 0 spiro atoms. The molecule has 1 amide bonds. The first-order valence-corrected chi connectivity index (χ1v) is 11.5. The van der Waals surface area contributed by atoms with Crippen molar-refractivity contribution < 1.29 is 18.1 Å². The molecule has 0 radical (unpaired) electrons. The predicted molar refractivity (Wildman–Crippen MR) is 116 cm³/mol. The number of benzene rings is 2. The first kappa shape index (κ1) is 21.8. The van der Waals surface area contributed by atoms with Crippen molar-refractivity contribution in [1.82, 2.24) is 0 Å². The number of anilines is 2. The van der Waals surface area contributed by atoms with Gasteiger partial charge in [-0.3, -0.25) is 14.9 Å². The molecule has 0 bridgehead atoms. The lowest BCUT2D eigenvalue weighted by atomic mass is 9.98. The Morgan fingerprint density at radius 2 is 1.80 bits per heavy atom. The molecular formula is C21H25N3O5S. The lowest BCUT2D eigenvalue weighted by Crippen LogP contribution is -2.34. The molecule has 2 aromatic rings. The topological polar surface area (TPSA) is 110 Å². The first-order valence-electron chi connectivity index (χ1n) is 9.89. The van der Waals surface area contributed by atoms with Crippen LogP contribution in [0, 0.1) is 16.0 Å². The summed E-state index contributed by atoms with van der Waals surface area (Å²) in [4.78, 5) is 25.9. The second-order valence-electron chi connectivity index (χ2n) is 7.51. The van der Waals surface area contributed by atoms with E-state index in [0.29, 0.717) is 17.3 Å². The number of hydrogen-bond acceptors (Lipinski definition) is 6. The third-order valence-electron chi connectivity index (χ3n) is 5.41. The van der Waals surface area contributed by atoms with Gasteiger partial charge in [0.1, 0.15) is 0 Å². The van der Waals surface area contributed by atoms with Gasteiger partial charge in [0, 0.05) is 30.9 Å². The molecule has 0 aromatic heterocycles. The fourth-order valence-electron chi connectivity index (χ4n) is 3.46. The number of carbonyl (C=O) groups excluding carboxylic acids is 1. The van der Waals surface area contributed by atoms with Crippen molar-refractivity contribution in [3.8, 4) is 0 Å². The Morgan fingerprint density at radius 1 is 1.17 bits per heavy atom. The van der Waals surface area contributed by atoms with Crippen LogP contribution in [0.3, 0.4) is 0 Å². The van der Waals surface area contributed by atoms with E-state index >= 15 is 0 Å². The highest BCUT2D eigenvalue weighted by Crippen LogP contribution is 2.30. The number of sulfone groups is 1. The van der Waals surface area contributed by atoms with Crippen LogP contribution < -0.4 is 10.2 Å². The summed E-state index contributed by atoms with van der Waals surface area (Å²) in [6.07, 6.45) is 1.98. The minimum atomic E-state index is -3.33. The molecule has 0 aliphatic carbocycles. The monoisotopic (exact) mass is 431 g/mol. The Balaban J connectivity index is 1.88. The number of rotatable bonds is 6. The van der Waals surface area contributed by atoms with Gasteiger partial charge in [-0.25, -0.2) is 8.42 Å². The average Bonchev–Trinajstić information content (AvgIpc) is 2.74. The lowest BCUT2D eigenvalue weighted by Gasteiger charge is -2.33. The number of nitrogens with zero attached hydrogens (tertiary/aromatic N) is 2. The summed E-state index contributed by atoms with van der Waals surface area (Å²) in [5, 5.41) is 14.0. The number of non-ortho nitro benzene ring substituents is 1. The van der Waals surface area contributed by atoms with Crippen molar-refractivity contribution in [2.24, 2.45) is 5.92 Å². The van der Waals surface area contributed by atoms with Crippen LogP contribution >= 0.6 is 0 Å². The predicted octanol–water partition coefficient (Wildman–Crippen LogP) is 3.88. The molecule has 2 aromatic carbocycles. The largest absolute Gasteiger partial charge is 0.371 e. The van der Waals surface area contributed by atoms with Crippen LogP contribution in [0.2, 0.25) is 0 Å². The highest BCUT2D eigenvalue weighted by molar-refractivity contribution is 7.91. The van der Waals surface area contributed by atoms with Gasteiger partial charge in [0.25, 0.3) is 11.6 Å².